The van der Waals surface area contributed by atoms with Crippen LogP contribution in [0.4, 0.5) is 0 Å². The van der Waals surface area contributed by atoms with E-state index in [0.29, 0.717) is 16.9 Å². The van der Waals surface area contributed by atoms with E-state index >= 15 is 0 Å². The van der Waals surface area contributed by atoms with Crippen molar-refractivity contribution in [3.8, 4) is 11.8 Å². The fourth-order valence-corrected chi connectivity index (χ4v) is 3.46. The molecule has 0 atom stereocenters. The molecule has 0 aliphatic carbocycles. The highest BCUT2D eigenvalue weighted by molar-refractivity contribution is 7.09. The minimum absolute atomic E-state index is 0.0435. The van der Waals surface area contributed by atoms with Gasteiger partial charge < -0.3 is 9.30 Å². The predicted molar refractivity (Wildman–Crippen MR) is 98.3 cm³/mol. The third kappa shape index (κ3) is 3.81. The van der Waals surface area contributed by atoms with E-state index in [1.54, 1.807) is 35.6 Å². The van der Waals surface area contributed by atoms with Gasteiger partial charge in [-0.1, -0.05) is 12.1 Å². The summed E-state index contributed by atoms with van der Waals surface area (Å²) in [5, 5.41) is 11.0. The topological polar surface area (TPSA) is 55.0 Å². The van der Waals surface area contributed by atoms with Crippen LogP contribution in [0.25, 0.3) is 0 Å². The van der Waals surface area contributed by atoms with Gasteiger partial charge in [-0.25, -0.2) is 0 Å². The minimum atomic E-state index is -0.0621. The van der Waals surface area contributed by atoms with Crippen LogP contribution in [0.2, 0.25) is 0 Å². The van der Waals surface area contributed by atoms with E-state index in [0.717, 1.165) is 17.9 Å². The van der Waals surface area contributed by atoms with Crippen LogP contribution in [0.1, 0.15) is 32.2 Å². The second kappa shape index (κ2) is 7.37. The number of carbonyl (C=O) groups is 1. The summed E-state index contributed by atoms with van der Waals surface area (Å²) in [7, 11) is 0. The Morgan fingerprint density at radius 2 is 2.08 bits per heavy atom. The first-order valence-electron chi connectivity index (χ1n) is 7.93. The number of benzene rings is 1. The monoisotopic (exact) mass is 350 g/mol. The summed E-state index contributed by atoms with van der Waals surface area (Å²) in [5.41, 5.74) is 3.20. The summed E-state index contributed by atoms with van der Waals surface area (Å²) in [6.07, 6.45) is 0. The number of nitrogens with zero attached hydrogens (tertiary/aromatic N) is 2. The highest BCUT2D eigenvalue weighted by atomic mass is 32.1. The molecule has 126 valence electrons. The van der Waals surface area contributed by atoms with Crippen LogP contribution < -0.4 is 4.74 Å². The van der Waals surface area contributed by atoms with Crippen LogP contribution >= 0.6 is 11.3 Å². The number of rotatable bonds is 6. The van der Waals surface area contributed by atoms with Crippen LogP contribution in [0.3, 0.4) is 0 Å². The van der Waals surface area contributed by atoms with Crippen molar-refractivity contribution in [3.05, 3.63) is 75.2 Å². The molecule has 0 aliphatic rings. The first kappa shape index (κ1) is 17.0. The lowest BCUT2D eigenvalue weighted by Gasteiger charge is -2.09. The quantitative estimate of drug-likeness (QED) is 0.621. The predicted octanol–water partition coefficient (Wildman–Crippen LogP) is 4.35. The number of thiophene rings is 1. The van der Waals surface area contributed by atoms with E-state index in [2.05, 4.69) is 22.1 Å². The number of Topliss-reactive ketones (excluding diaryl/α,β-unsaturated/α-hetero) is 1. The number of ketones is 1. The van der Waals surface area contributed by atoms with Gasteiger partial charge in [0.25, 0.3) is 0 Å². The van der Waals surface area contributed by atoms with Crippen molar-refractivity contribution in [1.29, 1.82) is 5.26 Å². The lowest BCUT2D eigenvalue weighted by molar-refractivity contribution is 0.0921. The molecule has 2 heterocycles. The van der Waals surface area contributed by atoms with Crippen molar-refractivity contribution in [1.82, 2.24) is 4.57 Å². The zero-order valence-electron chi connectivity index (χ0n) is 14.2. The Labute approximate surface area is 150 Å². The fraction of sp³-hybridized carbons (Fsp3) is 0.200. The van der Waals surface area contributed by atoms with Crippen molar-refractivity contribution < 1.29 is 9.53 Å². The van der Waals surface area contributed by atoms with Crippen molar-refractivity contribution in [2.24, 2.45) is 0 Å². The van der Waals surface area contributed by atoms with Gasteiger partial charge >= 0.3 is 0 Å². The molecular formula is C20H18N2O2S. The molecule has 0 bridgehead atoms. The van der Waals surface area contributed by atoms with Gasteiger partial charge in [0.2, 0.25) is 5.78 Å². The molecule has 0 saturated heterocycles. The lowest BCUT2D eigenvalue weighted by Crippen LogP contribution is -2.13. The van der Waals surface area contributed by atoms with Gasteiger partial charge in [-0.05, 0) is 49.6 Å². The zero-order chi connectivity index (χ0) is 17.8. The molecule has 0 N–H and O–H groups in total. The molecule has 3 rings (SSSR count). The minimum Gasteiger partial charge on any atom is -0.485 e. The molecule has 25 heavy (non-hydrogen) atoms. The molecule has 4 nitrogen and oxygen atoms in total. The summed E-state index contributed by atoms with van der Waals surface area (Å²) in [5.74, 6) is 0.465. The molecule has 0 saturated carbocycles. The van der Waals surface area contributed by atoms with E-state index < -0.39 is 0 Å². The molecule has 0 spiro atoms. The molecule has 0 aliphatic heterocycles. The number of carbonyl (C=O) groups excluding carboxylic acids is 1. The Morgan fingerprint density at radius 1 is 1.24 bits per heavy atom. The van der Waals surface area contributed by atoms with Crippen molar-refractivity contribution in [2.75, 3.05) is 6.61 Å². The number of hydrogen-bond acceptors (Lipinski definition) is 4. The molecule has 2 aromatic heterocycles. The van der Waals surface area contributed by atoms with Crippen LogP contribution in [0.5, 0.6) is 5.75 Å². The summed E-state index contributed by atoms with van der Waals surface area (Å²) in [6, 6.07) is 14.9. The SMILES string of the molecule is Cc1cc(C(=O)COc2cccc(C#N)c2)c(C)n1Cc1cccs1. The van der Waals surface area contributed by atoms with Crippen molar-refractivity contribution >= 4 is 17.1 Å². The largest absolute Gasteiger partial charge is 0.485 e. The second-order valence-electron chi connectivity index (χ2n) is 5.80. The van der Waals surface area contributed by atoms with E-state index in [-0.39, 0.29) is 12.4 Å². The van der Waals surface area contributed by atoms with Gasteiger partial charge in [-0.15, -0.1) is 11.3 Å². The Bertz CT molecular complexity index is 933. The van der Waals surface area contributed by atoms with E-state index in [1.807, 2.05) is 26.0 Å². The smallest absolute Gasteiger partial charge is 0.202 e. The first-order valence-corrected chi connectivity index (χ1v) is 8.81. The average molecular weight is 350 g/mol. The highest BCUT2D eigenvalue weighted by Gasteiger charge is 2.16. The summed E-state index contributed by atoms with van der Waals surface area (Å²) in [6.45, 7) is 4.70. The highest BCUT2D eigenvalue weighted by Crippen LogP contribution is 2.20. The van der Waals surface area contributed by atoms with Gasteiger partial charge in [0.05, 0.1) is 18.2 Å². The number of ether oxygens (including phenoxy) is 1. The third-order valence-electron chi connectivity index (χ3n) is 4.10. The van der Waals surface area contributed by atoms with E-state index in [9.17, 15) is 4.79 Å². The maximum atomic E-state index is 12.6. The molecule has 0 amide bonds. The summed E-state index contributed by atoms with van der Waals surface area (Å²) in [4.78, 5) is 13.8. The maximum Gasteiger partial charge on any atom is 0.202 e. The van der Waals surface area contributed by atoms with Crippen molar-refractivity contribution in [2.45, 2.75) is 20.4 Å². The maximum absolute atomic E-state index is 12.6. The standard InChI is InChI=1S/C20H18N2O2S/c1-14-9-19(15(2)22(14)12-18-7-4-8-25-18)20(23)13-24-17-6-3-5-16(10-17)11-21/h3-10H,12-13H2,1-2H3. The Morgan fingerprint density at radius 3 is 2.80 bits per heavy atom. The summed E-state index contributed by atoms with van der Waals surface area (Å²) < 4.78 is 7.72. The molecule has 5 heteroatoms. The molecule has 0 radical (unpaired) electrons. The van der Waals surface area contributed by atoms with Gasteiger partial charge in [0.15, 0.2) is 6.61 Å². The Kier molecular flexibility index (Phi) is 5.01. The molecular weight excluding hydrogens is 332 g/mol. The van der Waals surface area contributed by atoms with E-state index in [1.165, 1.54) is 4.88 Å². The Hall–Kier alpha value is -2.84. The van der Waals surface area contributed by atoms with Gasteiger partial charge in [-0.2, -0.15) is 5.26 Å². The molecule has 0 fully saturated rings. The lowest BCUT2D eigenvalue weighted by atomic mass is 10.1. The van der Waals surface area contributed by atoms with E-state index in [4.69, 9.17) is 10.00 Å². The number of aryl methyl sites for hydroxylation is 1. The zero-order valence-corrected chi connectivity index (χ0v) is 15.0. The Balaban J connectivity index is 1.73. The van der Waals surface area contributed by atoms with Crippen LogP contribution in [0.15, 0.2) is 47.8 Å². The van der Waals surface area contributed by atoms with Gasteiger partial charge in [-0.3, -0.25) is 4.79 Å². The molecule has 1 aromatic carbocycles. The average Bonchev–Trinajstić information content (AvgIpc) is 3.23. The van der Waals surface area contributed by atoms with Gasteiger partial charge in [0.1, 0.15) is 5.75 Å². The van der Waals surface area contributed by atoms with Crippen LogP contribution in [0, 0.1) is 25.2 Å². The normalized spacial score (nSPS) is 10.4. The van der Waals surface area contributed by atoms with Crippen LogP contribution in [-0.2, 0) is 6.54 Å². The fourth-order valence-electron chi connectivity index (χ4n) is 2.77. The molecule has 0 unspecified atom stereocenters. The van der Waals surface area contributed by atoms with Gasteiger partial charge in [0, 0.05) is 21.8 Å². The molecule has 3 aromatic rings. The second-order valence-corrected chi connectivity index (χ2v) is 6.83. The number of hydrogen-bond donors (Lipinski definition) is 0. The third-order valence-corrected chi connectivity index (χ3v) is 4.96. The summed E-state index contributed by atoms with van der Waals surface area (Å²) >= 11 is 1.71. The first-order chi connectivity index (χ1) is 12.1. The van der Waals surface area contributed by atoms with Crippen LogP contribution in [-0.4, -0.2) is 17.0 Å². The van der Waals surface area contributed by atoms with Crippen molar-refractivity contribution in [3.63, 3.8) is 0 Å². The number of nitriles is 1. The number of aromatic nitrogens is 1.